The Balaban J connectivity index is 0.00000163. The summed E-state index contributed by atoms with van der Waals surface area (Å²) in [5.41, 5.74) is 2.95. The van der Waals surface area contributed by atoms with Gasteiger partial charge < -0.3 is 4.52 Å². The van der Waals surface area contributed by atoms with Gasteiger partial charge in [0.15, 0.2) is 0 Å². The van der Waals surface area contributed by atoms with Crippen LogP contribution in [0.1, 0.15) is 43.3 Å². The lowest BCUT2D eigenvalue weighted by atomic mass is 10.0. The zero-order chi connectivity index (χ0) is 19.5. The molecule has 0 fully saturated rings. The van der Waals surface area contributed by atoms with Crippen molar-refractivity contribution in [3.05, 3.63) is 83.3 Å². The highest BCUT2D eigenvalue weighted by atomic mass is 35.5. The van der Waals surface area contributed by atoms with Gasteiger partial charge in [0.1, 0.15) is 11.5 Å². The summed E-state index contributed by atoms with van der Waals surface area (Å²) in [6.07, 6.45) is 6.29. The molecule has 1 aromatic heterocycles. The first kappa shape index (κ1) is 22.3. The van der Waals surface area contributed by atoms with E-state index in [-0.39, 0.29) is 6.04 Å². The summed E-state index contributed by atoms with van der Waals surface area (Å²) in [5.74, 6) is 0.834. The van der Waals surface area contributed by atoms with E-state index in [2.05, 4.69) is 23.0 Å². The Hall–Kier alpha value is -1.75. The largest absolute Gasteiger partial charge is 0.361 e. The third-order valence-corrected chi connectivity index (χ3v) is 4.75. The maximum atomic E-state index is 5.93. The molecule has 0 saturated heterocycles. The average Bonchev–Trinajstić information content (AvgIpc) is 2.99. The molecule has 0 unspecified atom stereocenters. The van der Waals surface area contributed by atoms with E-state index >= 15 is 0 Å². The molecule has 0 aliphatic rings. The van der Waals surface area contributed by atoms with Crippen LogP contribution in [0.3, 0.4) is 0 Å². The van der Waals surface area contributed by atoms with Crippen LogP contribution >= 0.6 is 23.5 Å². The van der Waals surface area contributed by atoms with Gasteiger partial charge in [-0.2, -0.15) is 0 Å². The summed E-state index contributed by atoms with van der Waals surface area (Å²) < 4.78 is 8.79. The van der Waals surface area contributed by atoms with Crippen LogP contribution in [0.2, 0.25) is 5.02 Å². The fourth-order valence-electron chi connectivity index (χ4n) is 2.13. The summed E-state index contributed by atoms with van der Waals surface area (Å²) in [7, 11) is 0. The van der Waals surface area contributed by atoms with Crippen molar-refractivity contribution in [1.29, 1.82) is 0 Å². The van der Waals surface area contributed by atoms with Gasteiger partial charge >= 0.3 is 0 Å². The van der Waals surface area contributed by atoms with Crippen molar-refractivity contribution >= 4 is 23.5 Å². The third kappa shape index (κ3) is 6.87. The molecule has 140 valence electrons. The lowest BCUT2D eigenvalue weighted by Gasteiger charge is -2.17. The van der Waals surface area contributed by atoms with Crippen LogP contribution in [0, 0.1) is 13.8 Å². The van der Waals surface area contributed by atoms with Crippen LogP contribution in [0.5, 0.6) is 0 Å². The number of aryl methyl sites for hydroxylation is 1. The maximum absolute atomic E-state index is 5.93. The van der Waals surface area contributed by atoms with Gasteiger partial charge in [0.05, 0.1) is 6.04 Å². The highest BCUT2D eigenvalue weighted by Crippen LogP contribution is 2.29. The second-order valence-corrected chi connectivity index (χ2v) is 6.78. The van der Waals surface area contributed by atoms with E-state index in [1.807, 2.05) is 64.1 Å². The molecule has 0 aliphatic heterocycles. The molecule has 1 heterocycles. The number of nitrogens with zero attached hydrogens (tertiary/aromatic N) is 1. The summed E-state index contributed by atoms with van der Waals surface area (Å²) >= 11 is 7.47. The molecular weight excluding hydrogens is 364 g/mol. The number of benzene rings is 1. The minimum Gasteiger partial charge on any atom is -0.361 e. The van der Waals surface area contributed by atoms with E-state index in [9.17, 15) is 0 Å². The topological polar surface area (TPSA) is 38.1 Å². The molecule has 0 amide bonds. The fraction of sp³-hybridized carbons (Fsp3) is 0.286. The lowest BCUT2D eigenvalue weighted by molar-refractivity contribution is 0.383. The Morgan fingerprint density at radius 3 is 2.50 bits per heavy atom. The maximum Gasteiger partial charge on any atom is 0.136 e. The molecule has 2 rings (SSSR count). The molecule has 5 heteroatoms. The van der Waals surface area contributed by atoms with Gasteiger partial charge in [0.2, 0.25) is 0 Å². The zero-order valence-corrected chi connectivity index (χ0v) is 17.5. The van der Waals surface area contributed by atoms with E-state index in [4.69, 9.17) is 16.1 Å². The van der Waals surface area contributed by atoms with E-state index in [0.717, 1.165) is 38.9 Å². The Morgan fingerprint density at radius 2 is 1.96 bits per heavy atom. The van der Waals surface area contributed by atoms with E-state index in [1.165, 1.54) is 0 Å². The molecule has 1 aromatic carbocycles. The van der Waals surface area contributed by atoms with Crippen molar-refractivity contribution in [3.8, 4) is 0 Å². The number of nitrogens with one attached hydrogen (secondary N) is 1. The minimum atomic E-state index is -0.00917. The minimum absolute atomic E-state index is 0.00917. The van der Waals surface area contributed by atoms with E-state index in [0.29, 0.717) is 0 Å². The standard InChI is InChI=1S/C19H21ClN2OS.C2H6/c1-5-6-7-13(2)12-18(19-14(3)15(4)23-21-19)22-24-17-10-8-16(20)9-11-17;1-2/h5-11,18,22H,1-2,12H2,3-4H3;1-2H3/b7-6-;/t18-;/m1./s1. The molecule has 0 aliphatic carbocycles. The summed E-state index contributed by atoms with van der Waals surface area (Å²) in [6, 6.07) is 7.69. The van der Waals surface area contributed by atoms with Gasteiger partial charge in [0, 0.05) is 15.5 Å². The van der Waals surface area contributed by atoms with Crippen molar-refractivity contribution in [2.24, 2.45) is 0 Å². The van der Waals surface area contributed by atoms with Gasteiger partial charge in [-0.3, -0.25) is 4.72 Å². The Morgan fingerprint density at radius 1 is 1.31 bits per heavy atom. The molecule has 0 spiro atoms. The van der Waals surface area contributed by atoms with Crippen molar-refractivity contribution in [1.82, 2.24) is 9.88 Å². The highest BCUT2D eigenvalue weighted by molar-refractivity contribution is 7.97. The van der Waals surface area contributed by atoms with Crippen molar-refractivity contribution in [2.75, 3.05) is 0 Å². The zero-order valence-electron chi connectivity index (χ0n) is 15.9. The number of hydrogen-bond acceptors (Lipinski definition) is 4. The molecule has 1 N–H and O–H groups in total. The first-order valence-electron chi connectivity index (χ1n) is 8.59. The molecule has 0 bridgehead atoms. The van der Waals surface area contributed by atoms with Crippen LogP contribution in [0.15, 0.2) is 70.6 Å². The second-order valence-electron chi connectivity index (χ2n) is 5.43. The van der Waals surface area contributed by atoms with Crippen molar-refractivity contribution in [2.45, 2.75) is 45.1 Å². The lowest BCUT2D eigenvalue weighted by Crippen LogP contribution is -2.16. The molecule has 3 nitrogen and oxygen atoms in total. The average molecular weight is 391 g/mol. The highest BCUT2D eigenvalue weighted by Gasteiger charge is 2.20. The van der Waals surface area contributed by atoms with E-state index < -0.39 is 0 Å². The van der Waals surface area contributed by atoms with Gasteiger partial charge in [-0.15, -0.1) is 0 Å². The smallest absolute Gasteiger partial charge is 0.136 e. The van der Waals surface area contributed by atoms with Gasteiger partial charge in [0.25, 0.3) is 0 Å². The summed E-state index contributed by atoms with van der Waals surface area (Å²) in [5, 5.41) is 4.94. The summed E-state index contributed by atoms with van der Waals surface area (Å²) in [6.45, 7) is 15.7. The Bertz CT molecular complexity index is 735. The summed E-state index contributed by atoms with van der Waals surface area (Å²) in [4.78, 5) is 1.08. The fourth-order valence-corrected chi connectivity index (χ4v) is 3.00. The Kier molecular flexibility index (Phi) is 10.1. The first-order chi connectivity index (χ1) is 12.5. The number of rotatable bonds is 8. The third-order valence-electron chi connectivity index (χ3n) is 3.59. The second kappa shape index (κ2) is 11.8. The van der Waals surface area contributed by atoms with Crippen LogP contribution in [-0.4, -0.2) is 5.16 Å². The monoisotopic (exact) mass is 390 g/mol. The molecular formula is C21H27ClN2OS. The van der Waals surface area contributed by atoms with Crippen LogP contribution in [-0.2, 0) is 0 Å². The molecule has 26 heavy (non-hydrogen) atoms. The quantitative estimate of drug-likeness (QED) is 0.389. The van der Waals surface area contributed by atoms with Gasteiger partial charge in [-0.25, -0.2) is 0 Å². The van der Waals surface area contributed by atoms with Crippen LogP contribution < -0.4 is 4.72 Å². The van der Waals surface area contributed by atoms with Crippen molar-refractivity contribution < 1.29 is 4.52 Å². The SMILES string of the molecule is C=C/C=C\C(=C)C[C@@H](NSc1ccc(Cl)cc1)c1noc(C)c1C.CC. The molecule has 0 radical (unpaired) electrons. The number of allylic oxidation sites excluding steroid dienone is 3. The predicted molar refractivity (Wildman–Crippen MR) is 114 cm³/mol. The van der Waals surface area contributed by atoms with Gasteiger partial charge in [-0.1, -0.05) is 67.6 Å². The number of aromatic nitrogens is 1. The normalized spacial score (nSPS) is 11.7. The Labute approximate surface area is 166 Å². The van der Waals surface area contributed by atoms with Crippen molar-refractivity contribution in [3.63, 3.8) is 0 Å². The van der Waals surface area contributed by atoms with Crippen LogP contribution in [0.4, 0.5) is 0 Å². The number of halogens is 1. The van der Waals surface area contributed by atoms with E-state index in [1.54, 1.807) is 18.0 Å². The molecule has 1 atom stereocenters. The van der Waals surface area contributed by atoms with Crippen LogP contribution in [0.25, 0.3) is 0 Å². The first-order valence-corrected chi connectivity index (χ1v) is 9.78. The number of hydrogen-bond donors (Lipinski definition) is 1. The molecule has 0 saturated carbocycles. The predicted octanol–water partition coefficient (Wildman–Crippen LogP) is 7.00. The van der Waals surface area contributed by atoms with Gasteiger partial charge in [-0.05, 0) is 56.5 Å². The molecule has 2 aromatic rings.